The van der Waals surface area contributed by atoms with Crippen molar-refractivity contribution in [2.24, 2.45) is 0 Å². The van der Waals surface area contributed by atoms with Crippen LogP contribution in [0.4, 0.5) is 5.69 Å². The van der Waals surface area contributed by atoms with E-state index in [1.54, 1.807) is 4.90 Å². The van der Waals surface area contributed by atoms with Crippen LogP contribution in [0.2, 0.25) is 0 Å². The number of carboxylic acid groups (broad SMARTS) is 1. The number of carboxylic acids is 1. The highest BCUT2D eigenvalue weighted by Crippen LogP contribution is 2.28. The van der Waals surface area contributed by atoms with Gasteiger partial charge in [-0.05, 0) is 6.07 Å². The van der Waals surface area contributed by atoms with Gasteiger partial charge in [-0.2, -0.15) is 0 Å². The molecule has 1 aromatic rings. The van der Waals surface area contributed by atoms with Crippen LogP contribution in [0.5, 0.6) is 5.75 Å². The number of rotatable bonds is 6. The molecule has 1 saturated heterocycles. The molecule has 1 N–H and O–H groups in total. The van der Waals surface area contributed by atoms with Gasteiger partial charge in [0.1, 0.15) is 0 Å². The lowest BCUT2D eigenvalue weighted by Crippen LogP contribution is -2.41. The quantitative estimate of drug-likeness (QED) is 0.610. The Hall–Kier alpha value is -2.68. The lowest BCUT2D eigenvalue weighted by Gasteiger charge is -2.26. The summed E-state index contributed by atoms with van der Waals surface area (Å²) < 4.78 is 10.4. The zero-order chi connectivity index (χ0) is 16.8. The summed E-state index contributed by atoms with van der Waals surface area (Å²) in [6, 6.07) is 3.29. The molecule has 0 aliphatic carbocycles. The van der Waals surface area contributed by atoms with Crippen molar-refractivity contribution in [1.29, 1.82) is 0 Å². The van der Waals surface area contributed by atoms with Crippen molar-refractivity contribution in [2.75, 3.05) is 32.9 Å². The Balaban J connectivity index is 1.98. The molecule has 9 heteroatoms. The third-order valence-electron chi connectivity index (χ3n) is 3.34. The van der Waals surface area contributed by atoms with Crippen molar-refractivity contribution in [3.8, 4) is 5.75 Å². The first kappa shape index (κ1) is 16.7. The number of nitro groups is 1. The topological polar surface area (TPSA) is 119 Å². The molecule has 0 aromatic heterocycles. The van der Waals surface area contributed by atoms with E-state index >= 15 is 0 Å². The summed E-state index contributed by atoms with van der Waals surface area (Å²) >= 11 is 0. The lowest BCUT2D eigenvalue weighted by atomic mass is 10.2. The van der Waals surface area contributed by atoms with Crippen LogP contribution in [-0.4, -0.2) is 59.7 Å². The highest BCUT2D eigenvalue weighted by Gasteiger charge is 2.20. The molecule has 0 bridgehead atoms. The average molecular weight is 324 g/mol. The summed E-state index contributed by atoms with van der Waals surface area (Å²) in [5.41, 5.74) is -0.459. The Labute approximate surface area is 131 Å². The number of aromatic carboxylic acids is 1. The van der Waals surface area contributed by atoms with E-state index in [1.165, 1.54) is 0 Å². The summed E-state index contributed by atoms with van der Waals surface area (Å²) in [6.45, 7) is 1.92. The van der Waals surface area contributed by atoms with Crippen LogP contribution >= 0.6 is 0 Å². The van der Waals surface area contributed by atoms with Gasteiger partial charge in [-0.3, -0.25) is 14.9 Å². The minimum absolute atomic E-state index is 0.0501. The van der Waals surface area contributed by atoms with E-state index in [9.17, 15) is 19.7 Å². The van der Waals surface area contributed by atoms with Gasteiger partial charge in [0.05, 0.1) is 36.7 Å². The molecule has 2 rings (SSSR count). The van der Waals surface area contributed by atoms with Gasteiger partial charge in [0.2, 0.25) is 5.91 Å². The number of carbonyl (C=O) groups excluding carboxylic acids is 1. The molecule has 9 nitrogen and oxygen atoms in total. The maximum Gasteiger partial charge on any atom is 0.335 e. The summed E-state index contributed by atoms with van der Waals surface area (Å²) in [7, 11) is 0. The summed E-state index contributed by atoms with van der Waals surface area (Å²) in [4.78, 5) is 34.8. The van der Waals surface area contributed by atoms with Gasteiger partial charge in [-0.25, -0.2) is 4.79 Å². The van der Waals surface area contributed by atoms with E-state index in [-0.39, 0.29) is 35.9 Å². The number of morpholine rings is 1. The number of nitro benzene ring substituents is 1. The molecule has 0 unspecified atom stereocenters. The molecule has 23 heavy (non-hydrogen) atoms. The van der Waals surface area contributed by atoms with Crippen LogP contribution in [0.3, 0.4) is 0 Å². The van der Waals surface area contributed by atoms with Gasteiger partial charge < -0.3 is 19.5 Å². The molecule has 1 amide bonds. The van der Waals surface area contributed by atoms with E-state index < -0.39 is 10.9 Å². The van der Waals surface area contributed by atoms with Crippen LogP contribution in [0.25, 0.3) is 0 Å². The largest absolute Gasteiger partial charge is 0.486 e. The minimum Gasteiger partial charge on any atom is -0.486 e. The number of hydrogen-bond donors (Lipinski definition) is 1. The Morgan fingerprint density at radius 3 is 2.65 bits per heavy atom. The fourth-order valence-electron chi connectivity index (χ4n) is 2.13. The van der Waals surface area contributed by atoms with Crippen LogP contribution in [0.1, 0.15) is 16.8 Å². The molecule has 0 radical (unpaired) electrons. The second-order valence-corrected chi connectivity index (χ2v) is 4.84. The molecule has 1 fully saturated rings. The Kier molecular flexibility index (Phi) is 5.47. The van der Waals surface area contributed by atoms with Gasteiger partial charge >= 0.3 is 11.7 Å². The maximum atomic E-state index is 11.9. The Morgan fingerprint density at radius 1 is 1.35 bits per heavy atom. The molecule has 1 aliphatic heterocycles. The maximum absolute atomic E-state index is 11.9. The zero-order valence-electron chi connectivity index (χ0n) is 12.3. The predicted octanol–water partition coefficient (Wildman–Crippen LogP) is 0.921. The number of ether oxygens (including phenoxy) is 2. The van der Waals surface area contributed by atoms with Crippen LogP contribution < -0.4 is 4.74 Å². The molecule has 1 heterocycles. The first-order valence-electron chi connectivity index (χ1n) is 6.99. The summed E-state index contributed by atoms with van der Waals surface area (Å²) in [6.07, 6.45) is 0.0501. The third kappa shape index (κ3) is 4.39. The molecule has 0 atom stereocenters. The highest BCUT2D eigenvalue weighted by atomic mass is 16.6. The van der Waals surface area contributed by atoms with E-state index in [0.29, 0.717) is 26.3 Å². The van der Waals surface area contributed by atoms with Gasteiger partial charge in [-0.15, -0.1) is 0 Å². The second-order valence-electron chi connectivity index (χ2n) is 4.84. The zero-order valence-corrected chi connectivity index (χ0v) is 12.3. The van der Waals surface area contributed by atoms with E-state index in [2.05, 4.69) is 0 Å². The third-order valence-corrected chi connectivity index (χ3v) is 3.34. The van der Waals surface area contributed by atoms with Crippen molar-refractivity contribution >= 4 is 17.6 Å². The molecule has 1 aliphatic rings. The lowest BCUT2D eigenvalue weighted by molar-refractivity contribution is -0.385. The number of benzene rings is 1. The fraction of sp³-hybridized carbons (Fsp3) is 0.429. The van der Waals surface area contributed by atoms with E-state index in [4.69, 9.17) is 14.6 Å². The summed E-state index contributed by atoms with van der Waals surface area (Å²) in [5, 5.41) is 19.9. The normalized spacial score (nSPS) is 14.3. The molecular weight excluding hydrogens is 308 g/mol. The van der Waals surface area contributed by atoms with Gasteiger partial charge in [0, 0.05) is 25.2 Å². The second kappa shape index (κ2) is 7.54. The van der Waals surface area contributed by atoms with E-state index in [1.807, 2.05) is 0 Å². The number of carbonyl (C=O) groups is 2. The Morgan fingerprint density at radius 2 is 2.04 bits per heavy atom. The highest BCUT2D eigenvalue weighted by molar-refractivity contribution is 5.88. The molecule has 1 aromatic carbocycles. The predicted molar refractivity (Wildman–Crippen MR) is 77.6 cm³/mol. The Bertz CT molecular complexity index is 611. The van der Waals surface area contributed by atoms with Gasteiger partial charge in [-0.1, -0.05) is 0 Å². The van der Waals surface area contributed by atoms with Crippen LogP contribution in [0.15, 0.2) is 18.2 Å². The summed E-state index contributed by atoms with van der Waals surface area (Å²) in [5.74, 6) is -1.51. The van der Waals surface area contributed by atoms with E-state index in [0.717, 1.165) is 18.2 Å². The number of nitrogens with zero attached hydrogens (tertiary/aromatic N) is 2. The molecule has 0 spiro atoms. The van der Waals surface area contributed by atoms with Crippen LogP contribution in [-0.2, 0) is 9.53 Å². The van der Waals surface area contributed by atoms with Crippen molar-refractivity contribution in [1.82, 2.24) is 4.90 Å². The smallest absolute Gasteiger partial charge is 0.335 e. The minimum atomic E-state index is -1.21. The average Bonchev–Trinajstić information content (AvgIpc) is 2.55. The van der Waals surface area contributed by atoms with Crippen molar-refractivity contribution in [3.05, 3.63) is 33.9 Å². The van der Waals surface area contributed by atoms with Crippen molar-refractivity contribution < 1.29 is 29.1 Å². The number of hydrogen-bond acceptors (Lipinski definition) is 6. The molecule has 0 saturated carbocycles. The first-order valence-corrected chi connectivity index (χ1v) is 6.99. The molecular formula is C14H16N2O7. The monoisotopic (exact) mass is 324 g/mol. The van der Waals surface area contributed by atoms with Gasteiger partial charge in [0.25, 0.3) is 0 Å². The first-order chi connectivity index (χ1) is 11.0. The number of amides is 1. The molecule has 124 valence electrons. The SMILES string of the molecule is O=C(O)c1ccc([N+](=O)[O-])c(OCCC(=O)N2CCOCC2)c1. The van der Waals surface area contributed by atoms with Gasteiger partial charge in [0.15, 0.2) is 5.75 Å². The standard InChI is InChI=1S/C14H16N2O7/c17-13(15-4-7-22-8-5-15)3-6-23-12-9-10(14(18)19)1-2-11(12)16(20)21/h1-2,9H,3-8H2,(H,18,19). The van der Waals surface area contributed by atoms with Crippen molar-refractivity contribution in [2.45, 2.75) is 6.42 Å². The van der Waals surface area contributed by atoms with Crippen molar-refractivity contribution in [3.63, 3.8) is 0 Å². The fourth-order valence-corrected chi connectivity index (χ4v) is 2.13. The van der Waals surface area contributed by atoms with Crippen LogP contribution in [0, 0.1) is 10.1 Å².